The molecule has 0 atom stereocenters. The van der Waals surface area contributed by atoms with Crippen LogP contribution in [0.4, 0.5) is 5.69 Å². The Morgan fingerprint density at radius 2 is 1.45 bits per heavy atom. The number of amides is 1. The van der Waals surface area contributed by atoms with Crippen molar-refractivity contribution in [3.8, 4) is 5.75 Å². The van der Waals surface area contributed by atoms with Crippen molar-refractivity contribution in [2.75, 3.05) is 11.9 Å². The number of carbonyl (C=O) groups is 2. The van der Waals surface area contributed by atoms with Crippen molar-refractivity contribution in [2.45, 2.75) is 46.0 Å². The maximum Gasteiger partial charge on any atom is 0.228 e. The van der Waals surface area contributed by atoms with Gasteiger partial charge in [-0.15, -0.1) is 0 Å². The van der Waals surface area contributed by atoms with Gasteiger partial charge in [-0.3, -0.25) is 9.59 Å². The summed E-state index contributed by atoms with van der Waals surface area (Å²) in [7, 11) is 0. The van der Waals surface area contributed by atoms with E-state index < -0.39 is 0 Å². The van der Waals surface area contributed by atoms with Crippen molar-refractivity contribution in [3.63, 3.8) is 0 Å². The first-order valence-electron chi connectivity index (χ1n) is 14.0. The van der Waals surface area contributed by atoms with E-state index in [9.17, 15) is 9.59 Å². The molecule has 0 radical (unpaired) electrons. The van der Waals surface area contributed by atoms with Crippen LogP contribution in [0.15, 0.2) is 103 Å². The van der Waals surface area contributed by atoms with Crippen molar-refractivity contribution in [1.29, 1.82) is 0 Å². The fourth-order valence-corrected chi connectivity index (χ4v) is 4.76. The average Bonchev–Trinajstić information content (AvgIpc) is 2.99. The van der Waals surface area contributed by atoms with Crippen molar-refractivity contribution in [2.24, 2.45) is 0 Å². The van der Waals surface area contributed by atoms with E-state index in [1.165, 1.54) is 0 Å². The van der Waals surface area contributed by atoms with Gasteiger partial charge in [-0.2, -0.15) is 0 Å². The second kappa shape index (κ2) is 14.6. The Balaban J connectivity index is 1.34. The van der Waals surface area contributed by atoms with Crippen LogP contribution >= 0.6 is 0 Å². The van der Waals surface area contributed by atoms with Crippen LogP contribution in [0.1, 0.15) is 58.4 Å². The maximum atomic E-state index is 13.1. The quantitative estimate of drug-likeness (QED) is 0.178. The molecule has 0 unspecified atom stereocenters. The number of benzene rings is 4. The van der Waals surface area contributed by atoms with Gasteiger partial charge in [0.15, 0.2) is 5.78 Å². The Kier molecular flexibility index (Phi) is 10.5. The van der Waals surface area contributed by atoms with Crippen LogP contribution in [0.3, 0.4) is 0 Å². The predicted octanol–water partition coefficient (Wildman–Crippen LogP) is 7.90. The minimum absolute atomic E-state index is 0.0469. The van der Waals surface area contributed by atoms with E-state index >= 15 is 0 Å². The van der Waals surface area contributed by atoms with E-state index in [2.05, 4.69) is 31.3 Å². The van der Waals surface area contributed by atoms with Gasteiger partial charge in [0, 0.05) is 17.7 Å². The second-order valence-corrected chi connectivity index (χ2v) is 9.74. The monoisotopic (exact) mass is 531 g/mol. The number of anilines is 1. The molecule has 204 valence electrons. The highest BCUT2D eigenvalue weighted by molar-refractivity contribution is 5.97. The molecule has 4 heteroatoms. The van der Waals surface area contributed by atoms with Crippen LogP contribution in [-0.4, -0.2) is 18.3 Å². The Hall–Kier alpha value is -4.44. The highest BCUT2D eigenvalue weighted by Gasteiger charge is 2.13. The molecule has 0 aromatic heterocycles. The first-order valence-corrected chi connectivity index (χ1v) is 14.0. The lowest BCUT2D eigenvalue weighted by atomic mass is 9.99. The minimum atomic E-state index is -0.0763. The van der Waals surface area contributed by atoms with Crippen molar-refractivity contribution in [1.82, 2.24) is 0 Å². The SMILES string of the molecule is CCc1cccc(CC)c1NC(=O)Cc1cccc(C(=O)CCc2ccccc2OCC=Cc2ccccc2)c1. The molecule has 0 saturated heterocycles. The molecule has 4 rings (SSSR count). The average molecular weight is 532 g/mol. The van der Waals surface area contributed by atoms with Crippen molar-refractivity contribution in [3.05, 3.63) is 137 Å². The zero-order valence-corrected chi connectivity index (χ0v) is 23.4. The van der Waals surface area contributed by atoms with Gasteiger partial charge in [0.2, 0.25) is 5.91 Å². The van der Waals surface area contributed by atoms with Gasteiger partial charge in [-0.05, 0) is 65.3 Å². The summed E-state index contributed by atoms with van der Waals surface area (Å²) in [6.45, 7) is 4.63. The van der Waals surface area contributed by atoms with Crippen LogP contribution in [0.2, 0.25) is 0 Å². The molecule has 0 bridgehead atoms. The second-order valence-electron chi connectivity index (χ2n) is 9.74. The molecule has 0 spiro atoms. The first kappa shape index (κ1) is 28.6. The van der Waals surface area contributed by atoms with E-state index in [0.717, 1.165) is 52.1 Å². The Morgan fingerprint density at radius 1 is 0.775 bits per heavy atom. The number of nitrogens with one attached hydrogen (secondary N) is 1. The highest BCUT2D eigenvalue weighted by atomic mass is 16.5. The van der Waals surface area contributed by atoms with Crippen LogP contribution < -0.4 is 10.1 Å². The molecular weight excluding hydrogens is 494 g/mol. The highest BCUT2D eigenvalue weighted by Crippen LogP contribution is 2.24. The lowest BCUT2D eigenvalue weighted by Gasteiger charge is -2.14. The van der Waals surface area contributed by atoms with E-state index in [1.807, 2.05) is 97.1 Å². The summed E-state index contributed by atoms with van der Waals surface area (Å²) in [4.78, 5) is 26.0. The van der Waals surface area contributed by atoms with Crippen LogP contribution in [0, 0.1) is 0 Å². The lowest BCUT2D eigenvalue weighted by Crippen LogP contribution is -2.17. The molecule has 0 fully saturated rings. The van der Waals surface area contributed by atoms with E-state index in [4.69, 9.17) is 4.74 Å². The summed E-state index contributed by atoms with van der Waals surface area (Å²) in [5.41, 5.74) is 6.76. The van der Waals surface area contributed by atoms with Crippen LogP contribution in [0.25, 0.3) is 6.08 Å². The Morgan fingerprint density at radius 3 is 2.20 bits per heavy atom. The molecule has 1 amide bonds. The molecule has 40 heavy (non-hydrogen) atoms. The molecule has 0 saturated carbocycles. The molecule has 1 N–H and O–H groups in total. The van der Waals surface area contributed by atoms with Crippen molar-refractivity contribution >= 4 is 23.5 Å². The number of ketones is 1. The fourth-order valence-electron chi connectivity index (χ4n) is 4.76. The van der Waals surface area contributed by atoms with Gasteiger partial charge < -0.3 is 10.1 Å². The summed E-state index contributed by atoms with van der Waals surface area (Å²) in [5.74, 6) is 0.760. The molecular formula is C36H37NO3. The number of rotatable bonds is 13. The van der Waals surface area contributed by atoms with Crippen LogP contribution in [-0.2, 0) is 30.5 Å². The lowest BCUT2D eigenvalue weighted by molar-refractivity contribution is -0.115. The van der Waals surface area contributed by atoms with Gasteiger partial charge in [0.1, 0.15) is 12.4 Å². The zero-order valence-electron chi connectivity index (χ0n) is 23.4. The third-order valence-corrected chi connectivity index (χ3v) is 6.92. The summed E-state index contributed by atoms with van der Waals surface area (Å²) in [6, 6.07) is 31.5. The molecule has 0 heterocycles. The number of hydrogen-bond donors (Lipinski definition) is 1. The van der Waals surface area contributed by atoms with Crippen LogP contribution in [0.5, 0.6) is 5.75 Å². The fraction of sp³-hybridized carbons (Fsp3) is 0.222. The first-order chi connectivity index (χ1) is 19.6. The Labute approximate surface area is 237 Å². The summed E-state index contributed by atoms with van der Waals surface area (Å²) in [6.07, 6.45) is 6.89. The van der Waals surface area contributed by atoms with Gasteiger partial charge in [-0.1, -0.05) is 105 Å². The Bertz CT molecular complexity index is 1430. The summed E-state index contributed by atoms with van der Waals surface area (Å²) < 4.78 is 6.00. The van der Waals surface area contributed by atoms with E-state index in [1.54, 1.807) is 0 Å². The molecule has 4 nitrogen and oxygen atoms in total. The van der Waals surface area contributed by atoms with E-state index in [0.29, 0.717) is 25.0 Å². The van der Waals surface area contributed by atoms with E-state index in [-0.39, 0.29) is 18.1 Å². The van der Waals surface area contributed by atoms with Gasteiger partial charge in [0.05, 0.1) is 6.42 Å². The topological polar surface area (TPSA) is 55.4 Å². The third-order valence-electron chi connectivity index (χ3n) is 6.92. The summed E-state index contributed by atoms with van der Waals surface area (Å²) in [5, 5.41) is 3.12. The summed E-state index contributed by atoms with van der Waals surface area (Å²) >= 11 is 0. The number of aryl methyl sites for hydroxylation is 3. The minimum Gasteiger partial charge on any atom is -0.489 e. The number of ether oxygens (including phenoxy) is 1. The maximum absolute atomic E-state index is 13.1. The molecule has 4 aromatic carbocycles. The standard InChI is InChI=1S/C36H37NO3/c1-3-29-18-11-19-30(4-2)36(29)37-35(39)26-28-15-10-20-32(25-28)33(38)23-22-31-17-8-9-21-34(31)40-24-12-16-27-13-6-5-7-14-27/h5-21,25H,3-4,22-24,26H2,1-2H3,(H,37,39). The predicted molar refractivity (Wildman–Crippen MR) is 164 cm³/mol. The van der Waals surface area contributed by atoms with Gasteiger partial charge in [0.25, 0.3) is 0 Å². The third kappa shape index (κ3) is 8.03. The number of Topliss-reactive ketones (excluding diaryl/α,β-unsaturated/α-hetero) is 1. The molecule has 0 aliphatic heterocycles. The zero-order chi connectivity index (χ0) is 28.2. The molecule has 0 aliphatic carbocycles. The molecule has 4 aromatic rings. The molecule has 0 aliphatic rings. The van der Waals surface area contributed by atoms with Crippen molar-refractivity contribution < 1.29 is 14.3 Å². The normalized spacial score (nSPS) is 10.9. The largest absolute Gasteiger partial charge is 0.489 e. The van der Waals surface area contributed by atoms with Gasteiger partial charge >= 0.3 is 0 Å². The van der Waals surface area contributed by atoms with Gasteiger partial charge in [-0.25, -0.2) is 0 Å². The number of para-hydroxylation sites is 2. The number of carbonyl (C=O) groups excluding carboxylic acids is 2. The smallest absolute Gasteiger partial charge is 0.228 e. The number of hydrogen-bond acceptors (Lipinski definition) is 3.